The van der Waals surface area contributed by atoms with Crippen LogP contribution in [0, 0.1) is 6.92 Å². The predicted molar refractivity (Wildman–Crippen MR) is 71.8 cm³/mol. The summed E-state index contributed by atoms with van der Waals surface area (Å²) in [5.74, 6) is -1.12. The fourth-order valence-electron chi connectivity index (χ4n) is 1.22. The van der Waals surface area contributed by atoms with E-state index in [1.54, 1.807) is 0 Å². The van der Waals surface area contributed by atoms with Gasteiger partial charge >= 0.3 is 5.97 Å². The van der Waals surface area contributed by atoms with Crippen molar-refractivity contribution in [2.75, 3.05) is 5.75 Å². The van der Waals surface area contributed by atoms with Gasteiger partial charge in [-0.05, 0) is 32.9 Å². The van der Waals surface area contributed by atoms with Crippen LogP contribution >= 0.6 is 11.8 Å². The van der Waals surface area contributed by atoms with Gasteiger partial charge in [-0.1, -0.05) is 17.7 Å². The van der Waals surface area contributed by atoms with E-state index in [1.807, 2.05) is 31.2 Å². The standard InChI is InChI=1S/C13H17NO3S/c1-9-4-6-10(7-5-9)18-8-11(15)14-13(2,3)12(16)17/h4-7H,8H2,1-3H3,(H,14,15)(H,16,17). The molecule has 0 saturated heterocycles. The van der Waals surface area contributed by atoms with Gasteiger partial charge in [-0.3, -0.25) is 4.79 Å². The number of aryl methyl sites for hydroxylation is 1. The molecule has 0 atom stereocenters. The average Bonchev–Trinajstić information content (AvgIpc) is 2.27. The van der Waals surface area contributed by atoms with Gasteiger partial charge in [0.05, 0.1) is 5.75 Å². The maximum Gasteiger partial charge on any atom is 0.328 e. The summed E-state index contributed by atoms with van der Waals surface area (Å²) in [6.45, 7) is 4.92. The molecule has 1 aromatic rings. The lowest BCUT2D eigenvalue weighted by Crippen LogP contribution is -2.50. The number of carboxylic acid groups (broad SMARTS) is 1. The van der Waals surface area contributed by atoms with Gasteiger partial charge in [-0.2, -0.15) is 0 Å². The molecule has 18 heavy (non-hydrogen) atoms. The second-order valence-electron chi connectivity index (χ2n) is 4.58. The van der Waals surface area contributed by atoms with E-state index >= 15 is 0 Å². The number of hydrogen-bond acceptors (Lipinski definition) is 3. The van der Waals surface area contributed by atoms with Crippen molar-refractivity contribution >= 4 is 23.6 Å². The molecule has 98 valence electrons. The summed E-state index contributed by atoms with van der Waals surface area (Å²) in [5, 5.41) is 11.4. The van der Waals surface area contributed by atoms with Crippen molar-refractivity contribution in [3.05, 3.63) is 29.8 Å². The molecular formula is C13H17NO3S. The number of hydrogen-bond donors (Lipinski definition) is 2. The Labute approximate surface area is 111 Å². The molecule has 0 aliphatic rings. The molecule has 0 fully saturated rings. The molecule has 4 nitrogen and oxygen atoms in total. The van der Waals surface area contributed by atoms with Crippen LogP contribution in [-0.4, -0.2) is 28.3 Å². The van der Waals surface area contributed by atoms with Gasteiger partial charge in [0.1, 0.15) is 5.54 Å². The second kappa shape index (κ2) is 5.91. The molecule has 0 aromatic heterocycles. The first-order valence-corrected chi connectivity index (χ1v) is 6.54. The highest BCUT2D eigenvalue weighted by Gasteiger charge is 2.28. The third-order valence-electron chi connectivity index (χ3n) is 2.38. The first kappa shape index (κ1) is 14.6. The van der Waals surface area contributed by atoms with Crippen LogP contribution in [0.1, 0.15) is 19.4 Å². The van der Waals surface area contributed by atoms with Crippen LogP contribution < -0.4 is 5.32 Å². The Morgan fingerprint density at radius 1 is 1.28 bits per heavy atom. The highest BCUT2D eigenvalue weighted by atomic mass is 32.2. The molecule has 0 bridgehead atoms. The second-order valence-corrected chi connectivity index (χ2v) is 5.63. The van der Waals surface area contributed by atoms with E-state index in [9.17, 15) is 9.59 Å². The number of aliphatic carboxylic acids is 1. The Kier molecular flexibility index (Phi) is 4.78. The Bertz CT molecular complexity index is 440. The number of thioether (sulfide) groups is 1. The summed E-state index contributed by atoms with van der Waals surface area (Å²) in [6, 6.07) is 7.83. The van der Waals surface area contributed by atoms with Gasteiger partial charge in [0.15, 0.2) is 0 Å². The number of benzene rings is 1. The molecule has 0 unspecified atom stereocenters. The number of amides is 1. The fraction of sp³-hybridized carbons (Fsp3) is 0.385. The van der Waals surface area contributed by atoms with Crippen LogP contribution in [0.2, 0.25) is 0 Å². The molecule has 0 radical (unpaired) electrons. The third-order valence-corrected chi connectivity index (χ3v) is 3.39. The van der Waals surface area contributed by atoms with Crippen molar-refractivity contribution in [1.82, 2.24) is 5.32 Å². The number of carboxylic acids is 1. The van der Waals surface area contributed by atoms with Gasteiger partial charge in [0.2, 0.25) is 5.91 Å². The van der Waals surface area contributed by atoms with Gasteiger partial charge in [-0.15, -0.1) is 11.8 Å². The maximum absolute atomic E-state index is 11.6. The van der Waals surface area contributed by atoms with Crippen molar-refractivity contribution in [2.45, 2.75) is 31.2 Å². The Hall–Kier alpha value is -1.49. The average molecular weight is 267 g/mol. The largest absolute Gasteiger partial charge is 0.480 e. The predicted octanol–water partition coefficient (Wildman–Crippen LogP) is 2.07. The minimum Gasteiger partial charge on any atom is -0.480 e. The molecule has 1 rings (SSSR count). The lowest BCUT2D eigenvalue weighted by molar-refractivity contribution is -0.145. The third kappa shape index (κ3) is 4.41. The number of rotatable bonds is 5. The maximum atomic E-state index is 11.6. The summed E-state index contributed by atoms with van der Waals surface area (Å²) < 4.78 is 0. The Balaban J connectivity index is 2.47. The van der Waals surface area contributed by atoms with Crippen molar-refractivity contribution in [3.8, 4) is 0 Å². The summed E-state index contributed by atoms with van der Waals surface area (Å²) in [7, 11) is 0. The molecule has 1 amide bonds. The van der Waals surface area contributed by atoms with E-state index in [1.165, 1.54) is 25.6 Å². The minimum absolute atomic E-state index is 0.208. The quantitative estimate of drug-likeness (QED) is 0.801. The normalized spacial score (nSPS) is 11.1. The highest BCUT2D eigenvalue weighted by Crippen LogP contribution is 2.18. The van der Waals surface area contributed by atoms with E-state index in [-0.39, 0.29) is 11.7 Å². The van der Waals surface area contributed by atoms with Crippen LogP contribution in [0.15, 0.2) is 29.2 Å². The zero-order chi connectivity index (χ0) is 13.8. The monoisotopic (exact) mass is 267 g/mol. The van der Waals surface area contributed by atoms with E-state index in [0.717, 1.165) is 10.5 Å². The van der Waals surface area contributed by atoms with Crippen LogP contribution in [-0.2, 0) is 9.59 Å². The SMILES string of the molecule is Cc1ccc(SCC(=O)NC(C)(C)C(=O)O)cc1. The van der Waals surface area contributed by atoms with Crippen LogP contribution in [0.25, 0.3) is 0 Å². The summed E-state index contributed by atoms with van der Waals surface area (Å²) in [4.78, 5) is 23.4. The zero-order valence-corrected chi connectivity index (χ0v) is 11.5. The first-order chi connectivity index (χ1) is 8.31. The van der Waals surface area contributed by atoms with E-state index in [2.05, 4.69) is 5.32 Å². The Morgan fingerprint density at radius 3 is 2.33 bits per heavy atom. The molecule has 0 saturated carbocycles. The molecule has 5 heteroatoms. The van der Waals surface area contributed by atoms with E-state index in [4.69, 9.17) is 5.11 Å². The Morgan fingerprint density at radius 2 is 1.83 bits per heavy atom. The fourth-order valence-corrected chi connectivity index (χ4v) is 1.92. The topological polar surface area (TPSA) is 66.4 Å². The summed E-state index contributed by atoms with van der Waals surface area (Å²) in [5.41, 5.74) is -0.0684. The molecule has 1 aromatic carbocycles. The molecule has 0 spiro atoms. The number of nitrogens with one attached hydrogen (secondary N) is 1. The lowest BCUT2D eigenvalue weighted by Gasteiger charge is -2.20. The van der Waals surface area contributed by atoms with Crippen molar-refractivity contribution < 1.29 is 14.7 Å². The smallest absolute Gasteiger partial charge is 0.328 e. The summed E-state index contributed by atoms with van der Waals surface area (Å²) >= 11 is 1.38. The van der Waals surface area contributed by atoms with E-state index in [0.29, 0.717) is 0 Å². The van der Waals surface area contributed by atoms with Gasteiger partial charge < -0.3 is 10.4 Å². The van der Waals surface area contributed by atoms with Gasteiger partial charge in [0.25, 0.3) is 0 Å². The van der Waals surface area contributed by atoms with Crippen molar-refractivity contribution in [3.63, 3.8) is 0 Å². The van der Waals surface area contributed by atoms with Crippen LogP contribution in [0.4, 0.5) is 0 Å². The number of carbonyl (C=O) groups excluding carboxylic acids is 1. The van der Waals surface area contributed by atoms with Gasteiger partial charge in [-0.25, -0.2) is 4.79 Å². The van der Waals surface area contributed by atoms with Crippen molar-refractivity contribution in [2.24, 2.45) is 0 Å². The molecule has 0 aliphatic heterocycles. The number of carbonyl (C=O) groups is 2. The molecule has 0 aliphatic carbocycles. The highest BCUT2D eigenvalue weighted by molar-refractivity contribution is 8.00. The van der Waals surface area contributed by atoms with Gasteiger partial charge in [0, 0.05) is 4.90 Å². The zero-order valence-electron chi connectivity index (χ0n) is 10.7. The first-order valence-electron chi connectivity index (χ1n) is 5.55. The van der Waals surface area contributed by atoms with E-state index < -0.39 is 11.5 Å². The molecular weight excluding hydrogens is 250 g/mol. The molecule has 0 heterocycles. The summed E-state index contributed by atoms with van der Waals surface area (Å²) in [6.07, 6.45) is 0. The molecule has 2 N–H and O–H groups in total. The van der Waals surface area contributed by atoms with Crippen LogP contribution in [0.3, 0.4) is 0 Å². The van der Waals surface area contributed by atoms with Crippen LogP contribution in [0.5, 0.6) is 0 Å². The minimum atomic E-state index is -1.23. The van der Waals surface area contributed by atoms with Crippen molar-refractivity contribution in [1.29, 1.82) is 0 Å². The lowest BCUT2D eigenvalue weighted by atomic mass is 10.1.